The summed E-state index contributed by atoms with van der Waals surface area (Å²) in [5.74, 6) is -5.19. The Morgan fingerprint density at radius 1 is 1.09 bits per heavy atom. The van der Waals surface area contributed by atoms with Crippen LogP contribution in [0.25, 0.3) is 0 Å². The number of hydrogen-bond acceptors (Lipinski definition) is 6. The molecule has 7 rings (SSSR count). The first-order valence-electron chi connectivity index (χ1n) is 11.4. The van der Waals surface area contributed by atoms with Crippen molar-refractivity contribution in [2.75, 3.05) is 13.1 Å². The Labute approximate surface area is 198 Å². The van der Waals surface area contributed by atoms with E-state index >= 15 is 8.78 Å². The zero-order chi connectivity index (χ0) is 24.5. The van der Waals surface area contributed by atoms with Crippen LogP contribution in [0, 0.1) is 17.0 Å². The molecule has 2 aromatic carbocycles. The number of rotatable bonds is 8. The Morgan fingerprint density at radius 3 is 2.37 bits per heavy atom. The smallest absolute Gasteiger partial charge is 0.287 e. The van der Waals surface area contributed by atoms with Gasteiger partial charge in [0.05, 0.1) is 6.54 Å². The lowest BCUT2D eigenvalue weighted by atomic mass is 9.30. The van der Waals surface area contributed by atoms with Gasteiger partial charge >= 0.3 is 0 Å². The average molecular weight is 489 g/mol. The fourth-order valence-electron chi connectivity index (χ4n) is 5.96. The quantitative estimate of drug-likeness (QED) is 0.474. The molecule has 3 aliphatic carbocycles. The van der Waals surface area contributed by atoms with Gasteiger partial charge in [-0.25, -0.2) is 22.2 Å². The summed E-state index contributed by atoms with van der Waals surface area (Å²) in [5, 5.41) is 25.0. The molecule has 2 heterocycles. The third kappa shape index (κ3) is 3.21. The summed E-state index contributed by atoms with van der Waals surface area (Å²) in [5.41, 5.74) is -4.68. The summed E-state index contributed by atoms with van der Waals surface area (Å²) in [7, 11) is 0. The maximum atomic E-state index is 16.2. The van der Waals surface area contributed by atoms with Crippen LogP contribution in [0.15, 0.2) is 48.8 Å². The van der Waals surface area contributed by atoms with Crippen molar-refractivity contribution in [1.29, 1.82) is 0 Å². The lowest BCUT2D eigenvalue weighted by Gasteiger charge is -2.74. The van der Waals surface area contributed by atoms with E-state index in [2.05, 4.69) is 20.8 Å². The van der Waals surface area contributed by atoms with E-state index < -0.39 is 46.1 Å². The molecule has 1 aromatic heterocycles. The molecule has 184 valence electrons. The highest BCUT2D eigenvalue weighted by Crippen LogP contribution is 2.80. The number of alkyl halides is 2. The SMILES string of the molecule is OC(Cn1cnnn1)(c1ccc(F)cc1F)C(F)(F)C12CC(c3ccc(OC4CNC4)cc3)(C1)C2. The molecule has 11 heteroatoms. The summed E-state index contributed by atoms with van der Waals surface area (Å²) in [6.45, 7) is 0.809. The lowest BCUT2D eigenvalue weighted by Crippen LogP contribution is -2.76. The number of nitrogens with zero attached hydrogens (tertiary/aromatic N) is 4. The zero-order valence-electron chi connectivity index (χ0n) is 18.6. The molecule has 1 saturated heterocycles. The standard InChI is InChI=1S/C24H23F4N5O2/c25-16-3-6-19(20(26)7-16)23(34,13-33-14-30-31-32-33)24(27,28)22-10-21(11-22,12-22)15-1-4-17(5-2-15)35-18-8-29-9-18/h1-7,14,18,29,34H,8-13H2. The monoisotopic (exact) mass is 489 g/mol. The number of benzene rings is 2. The van der Waals surface area contributed by atoms with Crippen LogP contribution >= 0.6 is 0 Å². The lowest BCUT2D eigenvalue weighted by molar-refractivity contribution is -0.347. The van der Waals surface area contributed by atoms with Crippen molar-refractivity contribution in [2.45, 2.75) is 48.8 Å². The molecule has 1 unspecified atom stereocenters. The number of aromatic nitrogens is 4. The molecule has 0 spiro atoms. The predicted octanol–water partition coefficient (Wildman–Crippen LogP) is 2.95. The van der Waals surface area contributed by atoms with Gasteiger partial charge in [-0.3, -0.25) is 0 Å². The number of halogens is 4. The Balaban J connectivity index is 1.27. The van der Waals surface area contributed by atoms with Crippen molar-refractivity contribution >= 4 is 0 Å². The van der Waals surface area contributed by atoms with Gasteiger partial charge in [-0.1, -0.05) is 12.1 Å². The van der Waals surface area contributed by atoms with Gasteiger partial charge in [0.15, 0.2) is 5.60 Å². The Morgan fingerprint density at radius 2 is 1.80 bits per heavy atom. The van der Waals surface area contributed by atoms with E-state index in [0.29, 0.717) is 6.07 Å². The van der Waals surface area contributed by atoms with Crippen LogP contribution in [0.1, 0.15) is 30.4 Å². The Hall–Kier alpha value is -3.05. The molecule has 2 N–H and O–H groups in total. The molecular formula is C24H23F4N5O2. The van der Waals surface area contributed by atoms with Crippen molar-refractivity contribution in [3.63, 3.8) is 0 Å². The number of nitrogens with one attached hydrogen (secondary N) is 1. The van der Waals surface area contributed by atoms with E-state index in [1.165, 1.54) is 0 Å². The average Bonchev–Trinajstić information content (AvgIpc) is 3.22. The molecule has 4 aliphatic rings. The van der Waals surface area contributed by atoms with Crippen LogP contribution in [0.3, 0.4) is 0 Å². The summed E-state index contributed by atoms with van der Waals surface area (Å²) < 4.78 is 67.4. The van der Waals surface area contributed by atoms with E-state index in [1.807, 2.05) is 24.3 Å². The highest BCUT2D eigenvalue weighted by atomic mass is 19.3. The largest absolute Gasteiger partial charge is 0.488 e. The number of ether oxygens (including phenoxy) is 1. The summed E-state index contributed by atoms with van der Waals surface area (Å²) in [6, 6.07) is 9.70. The Bertz CT molecular complexity index is 1230. The van der Waals surface area contributed by atoms with Crippen molar-refractivity contribution in [1.82, 2.24) is 25.5 Å². The van der Waals surface area contributed by atoms with E-state index in [9.17, 15) is 13.9 Å². The third-order valence-corrected chi connectivity index (χ3v) is 7.89. The second-order valence-electron chi connectivity index (χ2n) is 10.1. The predicted molar refractivity (Wildman–Crippen MR) is 115 cm³/mol. The first-order valence-corrected chi connectivity index (χ1v) is 11.4. The first kappa shape index (κ1) is 22.4. The second-order valence-corrected chi connectivity index (χ2v) is 10.1. The van der Waals surface area contributed by atoms with E-state index in [1.54, 1.807) is 0 Å². The fraction of sp³-hybridized carbons (Fsp3) is 0.458. The van der Waals surface area contributed by atoms with Gasteiger partial charge in [0, 0.05) is 30.1 Å². The van der Waals surface area contributed by atoms with Crippen LogP contribution in [-0.2, 0) is 17.6 Å². The van der Waals surface area contributed by atoms with Gasteiger partial charge in [0.2, 0.25) is 0 Å². The number of tetrazole rings is 1. The minimum atomic E-state index is -3.74. The van der Waals surface area contributed by atoms with E-state index in [-0.39, 0.29) is 25.4 Å². The first-order chi connectivity index (χ1) is 16.7. The molecule has 0 radical (unpaired) electrons. The topological polar surface area (TPSA) is 85.1 Å². The summed E-state index contributed by atoms with van der Waals surface area (Å²) >= 11 is 0. The maximum Gasteiger partial charge on any atom is 0.287 e. The maximum absolute atomic E-state index is 16.2. The van der Waals surface area contributed by atoms with Gasteiger partial charge in [-0.15, -0.1) is 5.10 Å². The van der Waals surface area contributed by atoms with Crippen molar-refractivity contribution < 1.29 is 27.4 Å². The molecule has 4 fully saturated rings. The second kappa shape index (κ2) is 7.47. The molecule has 1 atom stereocenters. The van der Waals surface area contributed by atoms with Crippen LogP contribution < -0.4 is 10.1 Å². The van der Waals surface area contributed by atoms with Crippen molar-refractivity contribution in [2.24, 2.45) is 5.41 Å². The van der Waals surface area contributed by atoms with Gasteiger partial charge < -0.3 is 15.2 Å². The van der Waals surface area contributed by atoms with Gasteiger partial charge in [-0.2, -0.15) is 0 Å². The molecule has 7 nitrogen and oxygen atoms in total. The minimum absolute atomic E-state index is 0.139. The third-order valence-electron chi connectivity index (χ3n) is 7.89. The highest BCUT2D eigenvalue weighted by Gasteiger charge is 2.82. The van der Waals surface area contributed by atoms with Crippen LogP contribution in [0.4, 0.5) is 17.6 Å². The Kier molecular flexibility index (Phi) is 4.79. The van der Waals surface area contributed by atoms with Gasteiger partial charge in [0.1, 0.15) is 29.8 Å². The number of aliphatic hydroxyl groups is 1. The van der Waals surface area contributed by atoms with Gasteiger partial charge in [0.25, 0.3) is 5.92 Å². The van der Waals surface area contributed by atoms with Crippen molar-refractivity contribution in [3.05, 3.63) is 71.6 Å². The van der Waals surface area contributed by atoms with Crippen LogP contribution in [0.5, 0.6) is 5.75 Å². The van der Waals surface area contributed by atoms with E-state index in [0.717, 1.165) is 47.5 Å². The van der Waals surface area contributed by atoms with Gasteiger partial charge in [-0.05, 0) is 64.9 Å². The molecule has 3 saturated carbocycles. The molecule has 0 amide bonds. The summed E-state index contributed by atoms with van der Waals surface area (Å²) in [4.78, 5) is 0. The molecule has 3 aromatic rings. The van der Waals surface area contributed by atoms with Crippen molar-refractivity contribution in [3.8, 4) is 5.75 Å². The zero-order valence-corrected chi connectivity index (χ0v) is 18.6. The molecule has 2 bridgehead atoms. The fourth-order valence-corrected chi connectivity index (χ4v) is 5.96. The molecular weight excluding hydrogens is 466 g/mol. The van der Waals surface area contributed by atoms with Crippen LogP contribution in [-0.4, -0.2) is 50.4 Å². The number of hydrogen-bond donors (Lipinski definition) is 2. The van der Waals surface area contributed by atoms with Crippen LogP contribution in [0.2, 0.25) is 0 Å². The highest BCUT2D eigenvalue weighted by molar-refractivity contribution is 5.44. The molecule has 35 heavy (non-hydrogen) atoms. The normalized spacial score (nSPS) is 27.3. The molecule has 1 aliphatic heterocycles. The van der Waals surface area contributed by atoms with E-state index in [4.69, 9.17) is 4.74 Å². The minimum Gasteiger partial charge on any atom is -0.488 e. The summed E-state index contributed by atoms with van der Waals surface area (Å²) in [6.07, 6.45) is 1.62.